The second kappa shape index (κ2) is 15.7. The molecular weight excluding hydrogens is 629 g/mol. The maximum atomic E-state index is 15.1. The predicted octanol–water partition coefficient (Wildman–Crippen LogP) is 6.24. The average Bonchev–Trinajstić information content (AvgIpc) is 3.03. The van der Waals surface area contributed by atoms with Crippen molar-refractivity contribution in [1.82, 2.24) is 10.2 Å². The van der Waals surface area contributed by atoms with Crippen molar-refractivity contribution < 1.29 is 27.1 Å². The van der Waals surface area contributed by atoms with Crippen LogP contribution in [0.2, 0.25) is 5.02 Å². The number of sulfonamides is 1. The molecule has 4 aromatic carbocycles. The number of nitrogens with one attached hydrogen (secondary N) is 1. The van der Waals surface area contributed by atoms with Crippen LogP contribution in [-0.4, -0.2) is 50.4 Å². The fourth-order valence-corrected chi connectivity index (χ4v) is 6.48. The minimum atomic E-state index is -4.37. The van der Waals surface area contributed by atoms with E-state index in [1.54, 1.807) is 51.1 Å². The molecule has 0 aliphatic heterocycles. The summed E-state index contributed by atoms with van der Waals surface area (Å²) in [6, 6.07) is 25.8. The number of nitrogens with zero attached hydrogens (tertiary/aromatic N) is 2. The van der Waals surface area contributed by atoms with Crippen LogP contribution in [0, 0.1) is 5.82 Å². The number of carbonyl (C=O) groups is 2. The molecule has 2 amide bonds. The Bertz CT molecular complexity index is 1740. The van der Waals surface area contributed by atoms with Crippen molar-refractivity contribution in [2.45, 2.75) is 50.7 Å². The normalized spacial score (nSPS) is 12.0. The summed E-state index contributed by atoms with van der Waals surface area (Å²) in [6.07, 6.45) is 0.110. The monoisotopic (exact) mass is 665 g/mol. The van der Waals surface area contributed by atoms with Crippen molar-refractivity contribution in [2.75, 3.05) is 17.5 Å². The van der Waals surface area contributed by atoms with Gasteiger partial charge < -0.3 is 15.0 Å². The standard InChI is InChI=1S/C35H37ClFN3O5S/c1-4-45-33-17-11-10-16-31(33)40(46(43,44)29-20-18-28(36)19-21-29)24-34(41)39(23-27-14-8-9-15-30(27)37)32(35(42)38-25(2)3)22-26-12-6-5-7-13-26/h5-21,25,32H,4,22-24H2,1-3H3,(H,38,42)/t32-/m1/s1. The van der Waals surface area contributed by atoms with Crippen molar-refractivity contribution in [3.8, 4) is 5.75 Å². The van der Waals surface area contributed by atoms with Crippen LogP contribution in [-0.2, 0) is 32.6 Å². The number of anilines is 1. The zero-order valence-electron chi connectivity index (χ0n) is 25.9. The Morgan fingerprint density at radius 1 is 0.891 bits per heavy atom. The van der Waals surface area contributed by atoms with E-state index in [2.05, 4.69) is 5.32 Å². The molecule has 0 heterocycles. The van der Waals surface area contributed by atoms with E-state index in [-0.39, 0.29) is 47.5 Å². The Morgan fingerprint density at radius 2 is 1.52 bits per heavy atom. The molecule has 0 radical (unpaired) electrons. The van der Waals surface area contributed by atoms with Gasteiger partial charge in [-0.1, -0.05) is 72.3 Å². The first-order valence-corrected chi connectivity index (χ1v) is 16.7. The van der Waals surface area contributed by atoms with E-state index in [1.807, 2.05) is 30.3 Å². The molecule has 0 unspecified atom stereocenters. The lowest BCUT2D eigenvalue weighted by Crippen LogP contribution is -2.54. The SMILES string of the molecule is CCOc1ccccc1N(CC(=O)N(Cc1ccccc1F)[C@H](Cc1ccccc1)C(=O)NC(C)C)S(=O)(=O)c1ccc(Cl)cc1. The number of ether oxygens (including phenoxy) is 1. The van der Waals surface area contributed by atoms with Crippen LogP contribution in [0.5, 0.6) is 5.75 Å². The minimum Gasteiger partial charge on any atom is -0.492 e. The van der Waals surface area contributed by atoms with Gasteiger partial charge >= 0.3 is 0 Å². The first kappa shape index (κ1) is 34.5. The Balaban J connectivity index is 1.85. The third-order valence-electron chi connectivity index (χ3n) is 7.11. The highest BCUT2D eigenvalue weighted by atomic mass is 35.5. The number of hydrogen-bond donors (Lipinski definition) is 1. The Labute approximate surface area is 274 Å². The lowest BCUT2D eigenvalue weighted by atomic mass is 10.0. The van der Waals surface area contributed by atoms with Gasteiger partial charge in [0.05, 0.1) is 17.2 Å². The number of para-hydroxylation sites is 2. The number of carbonyl (C=O) groups excluding carboxylic acids is 2. The van der Waals surface area contributed by atoms with Gasteiger partial charge in [0.25, 0.3) is 10.0 Å². The van der Waals surface area contributed by atoms with Gasteiger partial charge in [-0.25, -0.2) is 12.8 Å². The number of benzene rings is 4. The lowest BCUT2D eigenvalue weighted by molar-refractivity contribution is -0.140. The Morgan fingerprint density at radius 3 is 2.17 bits per heavy atom. The topological polar surface area (TPSA) is 96.0 Å². The maximum absolute atomic E-state index is 15.1. The molecule has 242 valence electrons. The van der Waals surface area contributed by atoms with E-state index < -0.39 is 40.2 Å². The summed E-state index contributed by atoms with van der Waals surface area (Å²) in [5.74, 6) is -1.48. The van der Waals surface area contributed by atoms with Gasteiger partial charge in [0.2, 0.25) is 11.8 Å². The Kier molecular flexibility index (Phi) is 11.8. The molecule has 1 N–H and O–H groups in total. The molecule has 0 bridgehead atoms. The van der Waals surface area contributed by atoms with Crippen molar-refractivity contribution in [3.63, 3.8) is 0 Å². The van der Waals surface area contributed by atoms with Crippen LogP contribution in [0.1, 0.15) is 31.9 Å². The van der Waals surface area contributed by atoms with E-state index in [0.717, 1.165) is 9.87 Å². The molecule has 0 aliphatic carbocycles. The molecule has 8 nitrogen and oxygen atoms in total. The van der Waals surface area contributed by atoms with E-state index in [4.69, 9.17) is 16.3 Å². The van der Waals surface area contributed by atoms with Crippen LogP contribution in [0.15, 0.2) is 108 Å². The number of rotatable bonds is 14. The van der Waals surface area contributed by atoms with E-state index in [1.165, 1.54) is 47.4 Å². The van der Waals surface area contributed by atoms with E-state index >= 15 is 4.39 Å². The number of halogens is 2. The van der Waals surface area contributed by atoms with Crippen LogP contribution in [0.3, 0.4) is 0 Å². The van der Waals surface area contributed by atoms with Gasteiger partial charge in [-0.05, 0) is 68.8 Å². The number of amides is 2. The van der Waals surface area contributed by atoms with Crippen LogP contribution >= 0.6 is 11.6 Å². The third kappa shape index (κ3) is 8.64. The Hall–Kier alpha value is -4.41. The van der Waals surface area contributed by atoms with Crippen LogP contribution in [0.4, 0.5) is 10.1 Å². The second-order valence-electron chi connectivity index (χ2n) is 10.8. The molecule has 11 heteroatoms. The van der Waals surface area contributed by atoms with Gasteiger partial charge in [0.1, 0.15) is 24.2 Å². The zero-order valence-corrected chi connectivity index (χ0v) is 27.5. The van der Waals surface area contributed by atoms with Gasteiger partial charge in [-0.2, -0.15) is 0 Å². The molecular formula is C35H37ClFN3O5S. The molecule has 46 heavy (non-hydrogen) atoms. The molecule has 0 spiro atoms. The predicted molar refractivity (Wildman–Crippen MR) is 178 cm³/mol. The smallest absolute Gasteiger partial charge is 0.264 e. The third-order valence-corrected chi connectivity index (χ3v) is 9.14. The highest BCUT2D eigenvalue weighted by molar-refractivity contribution is 7.92. The lowest BCUT2D eigenvalue weighted by Gasteiger charge is -2.34. The quantitative estimate of drug-likeness (QED) is 0.172. The molecule has 0 saturated carbocycles. The van der Waals surface area contributed by atoms with Gasteiger partial charge in [-0.15, -0.1) is 0 Å². The summed E-state index contributed by atoms with van der Waals surface area (Å²) in [5, 5.41) is 3.22. The zero-order chi connectivity index (χ0) is 33.3. The van der Waals surface area contributed by atoms with Crippen LogP contribution in [0.25, 0.3) is 0 Å². The van der Waals surface area contributed by atoms with E-state index in [9.17, 15) is 18.0 Å². The largest absolute Gasteiger partial charge is 0.492 e. The number of hydrogen-bond acceptors (Lipinski definition) is 5. The highest BCUT2D eigenvalue weighted by Crippen LogP contribution is 2.33. The molecule has 4 rings (SSSR count). The van der Waals surface area contributed by atoms with Crippen LogP contribution < -0.4 is 14.4 Å². The average molecular weight is 666 g/mol. The summed E-state index contributed by atoms with van der Waals surface area (Å²) in [5.41, 5.74) is 1.07. The minimum absolute atomic E-state index is 0.102. The van der Waals surface area contributed by atoms with E-state index in [0.29, 0.717) is 5.02 Å². The molecule has 4 aromatic rings. The molecule has 1 atom stereocenters. The van der Waals surface area contributed by atoms with Crippen molar-refractivity contribution in [3.05, 3.63) is 125 Å². The summed E-state index contributed by atoms with van der Waals surface area (Å²) in [6.45, 7) is 4.61. The molecule has 0 saturated heterocycles. The molecule has 0 aliphatic rings. The highest BCUT2D eigenvalue weighted by Gasteiger charge is 2.36. The second-order valence-corrected chi connectivity index (χ2v) is 13.1. The fourth-order valence-electron chi connectivity index (χ4n) is 4.93. The maximum Gasteiger partial charge on any atom is 0.264 e. The summed E-state index contributed by atoms with van der Waals surface area (Å²) in [7, 11) is -4.37. The van der Waals surface area contributed by atoms with Gasteiger partial charge in [-0.3, -0.25) is 13.9 Å². The summed E-state index contributed by atoms with van der Waals surface area (Å²) in [4.78, 5) is 29.4. The first-order chi connectivity index (χ1) is 22.0. The molecule has 0 fully saturated rings. The first-order valence-electron chi connectivity index (χ1n) is 14.9. The summed E-state index contributed by atoms with van der Waals surface area (Å²) >= 11 is 6.05. The van der Waals surface area contributed by atoms with Gasteiger partial charge in [0.15, 0.2) is 0 Å². The fraction of sp³-hybridized carbons (Fsp3) is 0.257. The molecule has 0 aromatic heterocycles. The summed E-state index contributed by atoms with van der Waals surface area (Å²) < 4.78 is 50.2. The van der Waals surface area contributed by atoms with Crippen molar-refractivity contribution in [2.24, 2.45) is 0 Å². The van der Waals surface area contributed by atoms with Crippen molar-refractivity contribution in [1.29, 1.82) is 0 Å². The van der Waals surface area contributed by atoms with Gasteiger partial charge in [0, 0.05) is 29.6 Å². The van der Waals surface area contributed by atoms with Crippen molar-refractivity contribution >= 4 is 39.1 Å².